The van der Waals surface area contributed by atoms with E-state index in [1.165, 1.54) is 11.0 Å². The van der Waals surface area contributed by atoms with Gasteiger partial charge >= 0.3 is 5.97 Å². The Bertz CT molecular complexity index is 600. The summed E-state index contributed by atoms with van der Waals surface area (Å²) in [5.74, 6) is 5.81. The average Bonchev–Trinajstić information content (AvgIpc) is 2.88. The lowest BCUT2D eigenvalue weighted by Gasteiger charge is -2.04. The van der Waals surface area contributed by atoms with Gasteiger partial charge in [-0.1, -0.05) is 0 Å². The van der Waals surface area contributed by atoms with Gasteiger partial charge in [0.15, 0.2) is 0 Å². The topological polar surface area (TPSA) is 101 Å². The van der Waals surface area contributed by atoms with Crippen LogP contribution in [0, 0.1) is 13.8 Å². The summed E-state index contributed by atoms with van der Waals surface area (Å²) < 4.78 is 7.78. The van der Waals surface area contributed by atoms with E-state index in [4.69, 9.17) is 10.6 Å². The first-order valence-corrected chi connectivity index (χ1v) is 5.90. The number of ether oxygens (including phenoxy) is 1. The third kappa shape index (κ3) is 2.42. The second-order valence-corrected chi connectivity index (χ2v) is 4.08. The van der Waals surface area contributed by atoms with Crippen molar-refractivity contribution in [1.82, 2.24) is 24.7 Å². The molecule has 2 aromatic heterocycles. The van der Waals surface area contributed by atoms with Crippen LogP contribution in [0.3, 0.4) is 0 Å². The fraction of sp³-hybridized carbons (Fsp3) is 0.455. The first-order valence-electron chi connectivity index (χ1n) is 5.90. The van der Waals surface area contributed by atoms with Crippen LogP contribution >= 0.6 is 0 Å². The fourth-order valence-corrected chi connectivity index (χ4v) is 1.87. The van der Waals surface area contributed by atoms with Crippen molar-refractivity contribution in [3.8, 4) is 5.95 Å². The van der Waals surface area contributed by atoms with Crippen molar-refractivity contribution in [1.29, 1.82) is 0 Å². The normalized spacial score (nSPS) is 10.7. The molecule has 0 saturated carbocycles. The Morgan fingerprint density at radius 2 is 2.21 bits per heavy atom. The Balaban J connectivity index is 2.35. The quantitative estimate of drug-likeness (QED) is 0.611. The average molecular weight is 264 g/mol. The van der Waals surface area contributed by atoms with Crippen LogP contribution in [0.15, 0.2) is 6.33 Å². The minimum absolute atomic E-state index is 0.185. The lowest BCUT2D eigenvalue weighted by atomic mass is 10.1. The molecular weight excluding hydrogens is 248 g/mol. The van der Waals surface area contributed by atoms with Crippen LogP contribution in [-0.4, -0.2) is 37.2 Å². The molecule has 0 aliphatic rings. The molecule has 0 atom stereocenters. The number of carbonyl (C=O) groups is 1. The molecule has 0 aliphatic heterocycles. The number of aromatic nitrogens is 5. The van der Waals surface area contributed by atoms with E-state index in [2.05, 4.69) is 15.3 Å². The fourth-order valence-electron chi connectivity index (χ4n) is 1.87. The Hall–Kier alpha value is -2.38. The van der Waals surface area contributed by atoms with Crippen molar-refractivity contribution in [2.45, 2.75) is 27.2 Å². The SMILES string of the molecule is CCOC(=O)Cc1c(C)nn(-c2nncn2N)c1C. The Morgan fingerprint density at radius 1 is 1.47 bits per heavy atom. The van der Waals surface area contributed by atoms with Crippen molar-refractivity contribution >= 4 is 5.97 Å². The van der Waals surface area contributed by atoms with Gasteiger partial charge in [0.05, 0.1) is 18.7 Å². The van der Waals surface area contributed by atoms with Crippen LogP contribution in [0.25, 0.3) is 5.95 Å². The van der Waals surface area contributed by atoms with Gasteiger partial charge in [-0.2, -0.15) is 5.10 Å². The van der Waals surface area contributed by atoms with E-state index in [1.54, 1.807) is 11.6 Å². The molecule has 0 aromatic carbocycles. The predicted octanol–water partition coefficient (Wildman–Crippen LogP) is -0.1000. The molecule has 0 aliphatic carbocycles. The number of nitrogens with two attached hydrogens (primary N) is 1. The number of hydrogen-bond acceptors (Lipinski definition) is 6. The summed E-state index contributed by atoms with van der Waals surface area (Å²) in [6.45, 7) is 5.82. The minimum atomic E-state index is -0.275. The Kier molecular flexibility index (Phi) is 3.50. The van der Waals surface area contributed by atoms with E-state index in [1.807, 2.05) is 13.8 Å². The van der Waals surface area contributed by atoms with Crippen LogP contribution < -0.4 is 5.84 Å². The Labute approximate surface area is 110 Å². The first-order chi connectivity index (χ1) is 9.04. The largest absolute Gasteiger partial charge is 0.466 e. The van der Waals surface area contributed by atoms with Crippen molar-refractivity contribution in [2.75, 3.05) is 12.4 Å². The third-order valence-electron chi connectivity index (χ3n) is 2.81. The first kappa shape index (κ1) is 13.1. The maximum absolute atomic E-state index is 11.6. The number of nitrogen functional groups attached to an aromatic ring is 1. The van der Waals surface area contributed by atoms with Crippen LogP contribution in [0.1, 0.15) is 23.9 Å². The standard InChI is InChI=1S/C11H16N6O2/c1-4-19-10(18)5-9-7(2)15-17(8(9)3)11-14-13-6-16(11)12/h6H,4-5,12H2,1-3H3. The van der Waals surface area contributed by atoms with Gasteiger partial charge in [-0.15, -0.1) is 10.2 Å². The zero-order valence-electron chi connectivity index (χ0n) is 11.1. The lowest BCUT2D eigenvalue weighted by molar-refractivity contribution is -0.142. The molecule has 8 nitrogen and oxygen atoms in total. The second-order valence-electron chi connectivity index (χ2n) is 4.08. The molecule has 2 heterocycles. The summed E-state index contributed by atoms with van der Waals surface area (Å²) >= 11 is 0. The molecule has 2 rings (SSSR count). The highest BCUT2D eigenvalue weighted by Crippen LogP contribution is 2.17. The van der Waals surface area contributed by atoms with Gasteiger partial charge in [-0.25, -0.2) is 9.36 Å². The highest BCUT2D eigenvalue weighted by molar-refractivity contribution is 5.73. The van der Waals surface area contributed by atoms with Crippen LogP contribution in [0.4, 0.5) is 0 Å². The monoisotopic (exact) mass is 264 g/mol. The summed E-state index contributed by atoms with van der Waals surface area (Å²) in [5.41, 5.74) is 2.36. The van der Waals surface area contributed by atoms with Gasteiger partial charge in [-0.05, 0) is 20.8 Å². The number of nitrogens with zero attached hydrogens (tertiary/aromatic N) is 5. The summed E-state index contributed by atoms with van der Waals surface area (Å²) in [6, 6.07) is 0. The smallest absolute Gasteiger partial charge is 0.310 e. The number of esters is 1. The molecule has 0 amide bonds. The molecule has 0 saturated heterocycles. The molecule has 102 valence electrons. The molecule has 8 heteroatoms. The minimum Gasteiger partial charge on any atom is -0.466 e. The van der Waals surface area contributed by atoms with Gasteiger partial charge in [0.2, 0.25) is 0 Å². The highest BCUT2D eigenvalue weighted by Gasteiger charge is 2.18. The molecule has 2 N–H and O–H groups in total. The highest BCUT2D eigenvalue weighted by atomic mass is 16.5. The van der Waals surface area contributed by atoms with E-state index >= 15 is 0 Å². The molecule has 0 unspecified atom stereocenters. The summed E-state index contributed by atoms with van der Waals surface area (Å²) in [6.07, 6.45) is 1.57. The summed E-state index contributed by atoms with van der Waals surface area (Å²) in [4.78, 5) is 11.6. The van der Waals surface area contributed by atoms with Crippen LogP contribution in [-0.2, 0) is 16.0 Å². The van der Waals surface area contributed by atoms with Crippen molar-refractivity contribution in [3.05, 3.63) is 23.3 Å². The number of carbonyl (C=O) groups excluding carboxylic acids is 1. The number of aryl methyl sites for hydroxylation is 1. The third-order valence-corrected chi connectivity index (χ3v) is 2.81. The Morgan fingerprint density at radius 3 is 2.79 bits per heavy atom. The number of hydrogen-bond donors (Lipinski definition) is 1. The predicted molar refractivity (Wildman–Crippen MR) is 67.1 cm³/mol. The lowest BCUT2D eigenvalue weighted by Crippen LogP contribution is -2.15. The molecule has 2 aromatic rings. The van der Waals surface area contributed by atoms with Gasteiger partial charge < -0.3 is 10.6 Å². The zero-order valence-corrected chi connectivity index (χ0v) is 11.1. The van der Waals surface area contributed by atoms with E-state index in [0.29, 0.717) is 12.6 Å². The molecule has 19 heavy (non-hydrogen) atoms. The van der Waals surface area contributed by atoms with E-state index in [0.717, 1.165) is 17.0 Å². The van der Waals surface area contributed by atoms with E-state index in [9.17, 15) is 4.79 Å². The molecule has 0 fully saturated rings. The second kappa shape index (κ2) is 5.09. The zero-order chi connectivity index (χ0) is 14.0. The number of rotatable bonds is 4. The van der Waals surface area contributed by atoms with Crippen molar-refractivity contribution in [2.24, 2.45) is 0 Å². The van der Waals surface area contributed by atoms with Gasteiger partial charge in [0, 0.05) is 11.3 Å². The van der Waals surface area contributed by atoms with Crippen LogP contribution in [0.2, 0.25) is 0 Å². The molecule has 0 bridgehead atoms. The van der Waals surface area contributed by atoms with Crippen molar-refractivity contribution in [3.63, 3.8) is 0 Å². The van der Waals surface area contributed by atoms with Gasteiger partial charge in [-0.3, -0.25) is 4.79 Å². The van der Waals surface area contributed by atoms with Gasteiger partial charge in [0.1, 0.15) is 6.33 Å². The van der Waals surface area contributed by atoms with E-state index in [-0.39, 0.29) is 12.4 Å². The maximum atomic E-state index is 11.6. The van der Waals surface area contributed by atoms with Gasteiger partial charge in [0.25, 0.3) is 5.95 Å². The summed E-state index contributed by atoms with van der Waals surface area (Å²) in [7, 11) is 0. The molecular formula is C11H16N6O2. The molecule has 0 spiro atoms. The summed E-state index contributed by atoms with van der Waals surface area (Å²) in [5, 5.41) is 11.9. The van der Waals surface area contributed by atoms with Crippen molar-refractivity contribution < 1.29 is 9.53 Å². The molecule has 0 radical (unpaired) electrons. The van der Waals surface area contributed by atoms with E-state index < -0.39 is 0 Å². The maximum Gasteiger partial charge on any atom is 0.310 e. The van der Waals surface area contributed by atoms with Crippen LogP contribution in [0.5, 0.6) is 0 Å².